The number of rotatable bonds is 5. The van der Waals surface area contributed by atoms with Gasteiger partial charge in [-0.25, -0.2) is 0 Å². The zero-order chi connectivity index (χ0) is 27.6. The molecule has 1 aliphatic rings. The number of hydrogen-bond donors (Lipinski definition) is 1. The fraction of sp³-hybridized carbons (Fsp3) is 0.257. The lowest BCUT2D eigenvalue weighted by atomic mass is 9.75. The van der Waals surface area contributed by atoms with Crippen LogP contribution in [0.4, 0.5) is 0 Å². The third kappa shape index (κ3) is 4.05. The second-order valence-electron chi connectivity index (χ2n) is 12.2. The molecule has 1 N–H and O–H groups in total. The molecule has 0 atom stereocenters. The maximum Gasteiger partial charge on any atom is 0.330 e. The Bertz CT molecular complexity index is 1690. The molecule has 4 heteroatoms. The van der Waals surface area contributed by atoms with Gasteiger partial charge in [-0.3, -0.25) is 0 Å². The van der Waals surface area contributed by atoms with E-state index in [4.69, 9.17) is 4.65 Å². The summed E-state index contributed by atoms with van der Waals surface area (Å²) in [5.41, 5.74) is 8.91. The largest absolute Gasteiger partial charge is 0.427 e. The summed E-state index contributed by atoms with van der Waals surface area (Å²) in [4.78, 5) is 0. The van der Waals surface area contributed by atoms with Crippen LogP contribution in [0.15, 0.2) is 97.1 Å². The van der Waals surface area contributed by atoms with E-state index in [0.717, 1.165) is 16.7 Å². The molecule has 1 aliphatic carbocycles. The minimum atomic E-state index is -0.991. The first-order valence-corrected chi connectivity index (χ1v) is 13.7. The lowest BCUT2D eigenvalue weighted by Crippen LogP contribution is -2.49. The van der Waals surface area contributed by atoms with Gasteiger partial charge in [0, 0.05) is 27.6 Å². The Morgan fingerprint density at radius 3 is 2.00 bits per heavy atom. The summed E-state index contributed by atoms with van der Waals surface area (Å²) in [7, 11) is 1.78. The summed E-state index contributed by atoms with van der Waals surface area (Å²) in [5.74, 6) is 0. The van der Waals surface area contributed by atoms with Crippen LogP contribution >= 0.6 is 0 Å². The maximum atomic E-state index is 10.6. The minimum Gasteiger partial charge on any atom is -0.427 e. The third-order valence-electron chi connectivity index (χ3n) is 8.69. The zero-order valence-electron chi connectivity index (χ0n) is 23.6. The molecule has 39 heavy (non-hydrogen) atoms. The second-order valence-corrected chi connectivity index (χ2v) is 12.2. The average Bonchev–Trinajstić information content (AvgIpc) is 3.22. The highest BCUT2D eigenvalue weighted by Gasteiger charge is 2.37. The molecule has 0 amide bonds. The van der Waals surface area contributed by atoms with Crippen LogP contribution in [0.2, 0.25) is 0 Å². The van der Waals surface area contributed by atoms with Crippen molar-refractivity contribution >= 4 is 23.8 Å². The van der Waals surface area contributed by atoms with Gasteiger partial charge >= 0.3 is 7.48 Å². The molecule has 3 nitrogen and oxygen atoms in total. The number of benzene rings is 4. The first kappa shape index (κ1) is 25.7. The predicted molar refractivity (Wildman–Crippen MR) is 163 cm³/mol. The molecule has 6 rings (SSSR count). The van der Waals surface area contributed by atoms with Crippen molar-refractivity contribution in [3.05, 3.63) is 108 Å². The molecular formula is C35H35BNO2. The standard InChI is InChI=1S/C35H35BNO2/c1-33(2)28-18-12-10-16-25(28)31-27-22-23(36-39-35(5,6)34(3,4)38)20-21-30(27)37(24-14-8-7-9-15-24)32(31)26-17-11-13-19-29(26)33/h7-22,38H,1-6H3. The van der Waals surface area contributed by atoms with Gasteiger partial charge in [-0.1, -0.05) is 98.2 Å². The molecule has 0 fully saturated rings. The van der Waals surface area contributed by atoms with Gasteiger partial charge in [-0.15, -0.1) is 0 Å². The van der Waals surface area contributed by atoms with E-state index in [0.29, 0.717) is 0 Å². The van der Waals surface area contributed by atoms with E-state index >= 15 is 0 Å². The van der Waals surface area contributed by atoms with Gasteiger partial charge in [0.25, 0.3) is 0 Å². The molecule has 0 saturated heterocycles. The first-order chi connectivity index (χ1) is 18.5. The molecular weight excluding hydrogens is 477 g/mol. The normalized spacial score (nSPS) is 14.3. The molecule has 195 valence electrons. The average molecular weight is 512 g/mol. The molecule has 5 aromatic rings. The Labute approximate surface area is 232 Å². The summed E-state index contributed by atoms with van der Waals surface area (Å²) in [5, 5.41) is 11.8. The highest BCUT2D eigenvalue weighted by atomic mass is 16.5. The van der Waals surface area contributed by atoms with Crippen molar-refractivity contribution in [1.29, 1.82) is 0 Å². The Kier molecular flexibility index (Phi) is 5.91. The van der Waals surface area contributed by atoms with Crippen molar-refractivity contribution in [1.82, 2.24) is 4.57 Å². The molecule has 0 unspecified atom stereocenters. The van der Waals surface area contributed by atoms with Gasteiger partial charge in [-0.2, -0.15) is 0 Å². The summed E-state index contributed by atoms with van der Waals surface area (Å²) in [6.07, 6.45) is 0. The topological polar surface area (TPSA) is 34.4 Å². The van der Waals surface area contributed by atoms with Crippen LogP contribution in [0, 0.1) is 0 Å². The van der Waals surface area contributed by atoms with E-state index in [9.17, 15) is 5.11 Å². The maximum absolute atomic E-state index is 10.6. The number of fused-ring (bicyclic) bond motifs is 7. The van der Waals surface area contributed by atoms with Crippen molar-refractivity contribution in [2.45, 2.75) is 58.2 Å². The number of nitrogens with zero attached hydrogens (tertiary/aromatic N) is 1. The molecule has 0 spiro atoms. The molecule has 0 aliphatic heterocycles. The molecule has 0 bridgehead atoms. The second kappa shape index (κ2) is 8.97. The van der Waals surface area contributed by atoms with Gasteiger partial charge in [0.15, 0.2) is 0 Å². The van der Waals surface area contributed by atoms with Gasteiger partial charge in [0.2, 0.25) is 0 Å². The van der Waals surface area contributed by atoms with E-state index in [2.05, 4.69) is 115 Å². The van der Waals surface area contributed by atoms with E-state index in [1.165, 1.54) is 38.9 Å². The van der Waals surface area contributed by atoms with Crippen molar-refractivity contribution in [2.24, 2.45) is 0 Å². The van der Waals surface area contributed by atoms with Crippen LogP contribution in [0.5, 0.6) is 0 Å². The van der Waals surface area contributed by atoms with Crippen LogP contribution in [0.25, 0.3) is 39.0 Å². The Morgan fingerprint density at radius 2 is 1.33 bits per heavy atom. The van der Waals surface area contributed by atoms with Crippen LogP contribution in [0.1, 0.15) is 52.7 Å². The Morgan fingerprint density at radius 1 is 0.744 bits per heavy atom. The lowest BCUT2D eigenvalue weighted by Gasteiger charge is -2.37. The van der Waals surface area contributed by atoms with Crippen molar-refractivity contribution in [3.63, 3.8) is 0 Å². The molecule has 1 aromatic heterocycles. The van der Waals surface area contributed by atoms with Gasteiger partial charge in [0.05, 0.1) is 22.4 Å². The number of para-hydroxylation sites is 1. The quantitative estimate of drug-likeness (QED) is 0.249. The minimum absolute atomic E-state index is 0.177. The first-order valence-electron chi connectivity index (χ1n) is 13.7. The van der Waals surface area contributed by atoms with E-state index in [1.54, 1.807) is 21.3 Å². The van der Waals surface area contributed by atoms with Crippen molar-refractivity contribution in [2.75, 3.05) is 0 Å². The summed E-state index contributed by atoms with van der Waals surface area (Å²) >= 11 is 0. The summed E-state index contributed by atoms with van der Waals surface area (Å²) in [6, 6.07) is 34.8. The van der Waals surface area contributed by atoms with Gasteiger partial charge < -0.3 is 14.3 Å². The van der Waals surface area contributed by atoms with Crippen LogP contribution in [-0.2, 0) is 10.1 Å². The van der Waals surface area contributed by atoms with Crippen molar-refractivity contribution in [3.8, 4) is 28.1 Å². The highest BCUT2D eigenvalue weighted by molar-refractivity contribution is 6.47. The molecule has 1 radical (unpaired) electrons. The lowest BCUT2D eigenvalue weighted by molar-refractivity contribution is -0.0893. The fourth-order valence-corrected chi connectivity index (χ4v) is 5.74. The van der Waals surface area contributed by atoms with Crippen LogP contribution in [-0.4, -0.2) is 28.4 Å². The van der Waals surface area contributed by atoms with Gasteiger partial charge in [-0.05, 0) is 62.6 Å². The highest BCUT2D eigenvalue weighted by Crippen LogP contribution is 2.52. The van der Waals surface area contributed by atoms with Crippen LogP contribution in [0.3, 0.4) is 0 Å². The Hall–Kier alpha value is -3.60. The fourth-order valence-electron chi connectivity index (χ4n) is 5.74. The summed E-state index contributed by atoms with van der Waals surface area (Å²) in [6.45, 7) is 12.0. The monoisotopic (exact) mass is 512 g/mol. The smallest absolute Gasteiger partial charge is 0.330 e. The molecule has 1 heterocycles. The molecule has 4 aromatic carbocycles. The zero-order valence-corrected chi connectivity index (χ0v) is 23.6. The number of aliphatic hydroxyl groups is 1. The van der Waals surface area contributed by atoms with Crippen LogP contribution < -0.4 is 5.46 Å². The van der Waals surface area contributed by atoms with E-state index < -0.39 is 11.2 Å². The van der Waals surface area contributed by atoms with E-state index in [1.807, 2.05) is 13.8 Å². The van der Waals surface area contributed by atoms with E-state index in [-0.39, 0.29) is 5.41 Å². The molecule has 0 saturated carbocycles. The number of hydrogen-bond acceptors (Lipinski definition) is 2. The predicted octanol–water partition coefficient (Wildman–Crippen LogP) is 7.41. The number of aromatic nitrogens is 1. The van der Waals surface area contributed by atoms with Gasteiger partial charge in [0.1, 0.15) is 0 Å². The summed E-state index contributed by atoms with van der Waals surface area (Å²) < 4.78 is 8.58. The third-order valence-corrected chi connectivity index (χ3v) is 8.69. The Balaban J connectivity index is 1.68. The van der Waals surface area contributed by atoms with Crippen molar-refractivity contribution < 1.29 is 9.76 Å². The SMILES string of the molecule is CC1(C)c2ccccc2-c2c(n(-c3ccccc3)c3ccc([B]OC(C)(C)C(C)(C)O)cc23)-c2ccccc21.